The van der Waals surface area contributed by atoms with Crippen LogP contribution in [0.5, 0.6) is 0 Å². The monoisotopic (exact) mass is 387 g/mol. The van der Waals surface area contributed by atoms with Gasteiger partial charge in [-0.25, -0.2) is 4.68 Å². The third-order valence-corrected chi connectivity index (χ3v) is 4.71. The summed E-state index contributed by atoms with van der Waals surface area (Å²) in [7, 11) is 0. The summed E-state index contributed by atoms with van der Waals surface area (Å²) in [5.74, 6) is 6.54. The molecule has 2 aromatic carbocycles. The minimum atomic E-state index is -0.399. The Morgan fingerprint density at radius 3 is 2.41 bits per heavy atom. The number of unbranched alkanes of at least 4 members (excludes halogenated alkanes) is 5. The van der Waals surface area contributed by atoms with E-state index in [2.05, 4.69) is 18.8 Å². The second kappa shape index (κ2) is 10.2. The van der Waals surface area contributed by atoms with Crippen LogP contribution in [-0.4, -0.2) is 14.7 Å². The first-order chi connectivity index (χ1) is 14.2. The predicted octanol–water partition coefficient (Wildman–Crippen LogP) is 6.16. The Morgan fingerprint density at radius 2 is 1.72 bits per heavy atom. The van der Waals surface area contributed by atoms with Gasteiger partial charge in [0.1, 0.15) is 5.69 Å². The molecule has 0 aliphatic heterocycles. The molecule has 29 heavy (non-hydrogen) atoms. The molecule has 5 heteroatoms. The van der Waals surface area contributed by atoms with Crippen LogP contribution in [0.2, 0.25) is 0 Å². The zero-order valence-corrected chi connectivity index (χ0v) is 16.7. The van der Waals surface area contributed by atoms with Gasteiger partial charge in [-0.05, 0) is 36.6 Å². The molecule has 148 valence electrons. The topological polar surface area (TPSA) is 61.0 Å². The van der Waals surface area contributed by atoms with E-state index in [0.29, 0.717) is 0 Å². The quantitative estimate of drug-likeness (QED) is 0.201. The molecular weight excluding hydrogens is 362 g/mol. The maximum absolute atomic E-state index is 10.9. The van der Waals surface area contributed by atoms with E-state index >= 15 is 0 Å². The van der Waals surface area contributed by atoms with Crippen molar-refractivity contribution in [3.05, 3.63) is 76.5 Å². The number of benzene rings is 2. The van der Waals surface area contributed by atoms with E-state index < -0.39 is 4.92 Å². The van der Waals surface area contributed by atoms with Crippen LogP contribution in [0.3, 0.4) is 0 Å². The molecule has 0 spiro atoms. The van der Waals surface area contributed by atoms with Gasteiger partial charge in [0.2, 0.25) is 0 Å². The van der Waals surface area contributed by atoms with Crippen molar-refractivity contribution in [2.75, 3.05) is 0 Å². The molecule has 0 radical (unpaired) electrons. The van der Waals surface area contributed by atoms with E-state index in [1.165, 1.54) is 37.8 Å². The van der Waals surface area contributed by atoms with Gasteiger partial charge in [0.15, 0.2) is 0 Å². The summed E-state index contributed by atoms with van der Waals surface area (Å²) in [6.07, 6.45) is 7.00. The lowest BCUT2D eigenvalue weighted by Gasteiger charge is -2.02. The van der Waals surface area contributed by atoms with Crippen LogP contribution in [0, 0.1) is 22.0 Å². The second-order valence-corrected chi connectivity index (χ2v) is 6.93. The van der Waals surface area contributed by atoms with Gasteiger partial charge in [-0.1, -0.05) is 56.7 Å². The van der Waals surface area contributed by atoms with Gasteiger partial charge in [-0.2, -0.15) is 5.10 Å². The maximum Gasteiger partial charge on any atom is 0.269 e. The van der Waals surface area contributed by atoms with Crippen LogP contribution in [0.25, 0.3) is 16.9 Å². The van der Waals surface area contributed by atoms with Crippen molar-refractivity contribution in [2.24, 2.45) is 0 Å². The molecule has 3 aromatic rings. The van der Waals surface area contributed by atoms with Gasteiger partial charge < -0.3 is 0 Å². The van der Waals surface area contributed by atoms with Crippen molar-refractivity contribution in [3.63, 3.8) is 0 Å². The van der Waals surface area contributed by atoms with Crippen LogP contribution in [0.4, 0.5) is 5.69 Å². The zero-order chi connectivity index (χ0) is 20.5. The van der Waals surface area contributed by atoms with E-state index in [9.17, 15) is 10.1 Å². The van der Waals surface area contributed by atoms with E-state index in [-0.39, 0.29) is 5.69 Å². The molecule has 1 aromatic heterocycles. The number of hydrogen-bond donors (Lipinski definition) is 0. The molecule has 0 atom stereocenters. The fraction of sp³-hybridized carbons (Fsp3) is 0.292. The van der Waals surface area contributed by atoms with Crippen molar-refractivity contribution >= 4 is 5.69 Å². The number of para-hydroxylation sites is 1. The molecule has 0 fully saturated rings. The normalized spacial score (nSPS) is 10.4. The van der Waals surface area contributed by atoms with Gasteiger partial charge in [-0.15, -0.1) is 0 Å². The van der Waals surface area contributed by atoms with Gasteiger partial charge in [-0.3, -0.25) is 10.1 Å². The van der Waals surface area contributed by atoms with Gasteiger partial charge >= 0.3 is 0 Å². The summed E-state index contributed by atoms with van der Waals surface area (Å²) in [5, 5.41) is 15.6. The fourth-order valence-corrected chi connectivity index (χ4v) is 3.10. The van der Waals surface area contributed by atoms with Crippen molar-refractivity contribution < 1.29 is 4.92 Å². The molecule has 3 rings (SSSR count). The Morgan fingerprint density at radius 1 is 1.00 bits per heavy atom. The highest BCUT2D eigenvalue weighted by molar-refractivity contribution is 5.63. The second-order valence-electron chi connectivity index (χ2n) is 6.93. The molecule has 0 amide bonds. The Labute approximate surface area is 171 Å². The number of nitrogens with zero attached hydrogens (tertiary/aromatic N) is 3. The first kappa shape index (κ1) is 20.3. The van der Waals surface area contributed by atoms with Crippen molar-refractivity contribution in [3.8, 4) is 28.8 Å². The summed E-state index contributed by atoms with van der Waals surface area (Å²) < 4.78 is 1.83. The molecule has 0 unspecified atom stereocenters. The van der Waals surface area contributed by atoms with E-state index in [1.54, 1.807) is 12.1 Å². The highest BCUT2D eigenvalue weighted by atomic mass is 16.6. The average molecular weight is 387 g/mol. The van der Waals surface area contributed by atoms with E-state index in [4.69, 9.17) is 5.10 Å². The first-order valence-electron chi connectivity index (χ1n) is 10.1. The Hall–Kier alpha value is -3.39. The minimum absolute atomic E-state index is 0.0688. The largest absolute Gasteiger partial charge is 0.269 e. The van der Waals surface area contributed by atoms with Gasteiger partial charge in [0, 0.05) is 30.2 Å². The zero-order valence-electron chi connectivity index (χ0n) is 16.7. The molecule has 5 nitrogen and oxygen atoms in total. The molecule has 0 saturated carbocycles. The lowest BCUT2D eigenvalue weighted by Crippen LogP contribution is -1.99. The fourth-order valence-electron chi connectivity index (χ4n) is 3.10. The number of aromatic nitrogens is 2. The van der Waals surface area contributed by atoms with Gasteiger partial charge in [0.05, 0.1) is 16.3 Å². The van der Waals surface area contributed by atoms with Crippen LogP contribution >= 0.6 is 0 Å². The summed E-state index contributed by atoms with van der Waals surface area (Å²) in [4.78, 5) is 10.5. The number of nitro groups is 1. The molecule has 1 heterocycles. The molecule has 0 bridgehead atoms. The lowest BCUT2D eigenvalue weighted by atomic mass is 10.1. The third-order valence-electron chi connectivity index (χ3n) is 4.71. The number of non-ortho nitro benzene ring substituents is 1. The van der Waals surface area contributed by atoms with Gasteiger partial charge in [0.25, 0.3) is 5.69 Å². The van der Waals surface area contributed by atoms with Crippen molar-refractivity contribution in [1.29, 1.82) is 0 Å². The first-order valence-corrected chi connectivity index (χ1v) is 10.1. The SMILES string of the molecule is CCCCCCCC#Cc1cc(-c2ccc([N+](=O)[O-])cc2)nn1-c1ccccc1. The summed E-state index contributed by atoms with van der Waals surface area (Å²) in [5.41, 5.74) is 3.40. The van der Waals surface area contributed by atoms with Crippen LogP contribution in [0.1, 0.15) is 51.1 Å². The smallest absolute Gasteiger partial charge is 0.258 e. The van der Waals surface area contributed by atoms with Crippen molar-refractivity contribution in [2.45, 2.75) is 45.4 Å². The van der Waals surface area contributed by atoms with Crippen LogP contribution in [-0.2, 0) is 0 Å². The molecule has 0 aliphatic carbocycles. The van der Waals surface area contributed by atoms with E-state index in [0.717, 1.165) is 35.5 Å². The molecule has 0 N–H and O–H groups in total. The summed E-state index contributed by atoms with van der Waals surface area (Å²) in [6.45, 7) is 2.22. The van der Waals surface area contributed by atoms with Crippen molar-refractivity contribution in [1.82, 2.24) is 9.78 Å². The van der Waals surface area contributed by atoms with Crippen LogP contribution < -0.4 is 0 Å². The number of hydrogen-bond acceptors (Lipinski definition) is 3. The predicted molar refractivity (Wildman–Crippen MR) is 116 cm³/mol. The Balaban J connectivity index is 1.84. The molecule has 0 aliphatic rings. The summed E-state index contributed by atoms with van der Waals surface area (Å²) >= 11 is 0. The minimum Gasteiger partial charge on any atom is -0.258 e. The molecule has 0 saturated heterocycles. The lowest BCUT2D eigenvalue weighted by molar-refractivity contribution is -0.384. The number of rotatable bonds is 8. The standard InChI is InChI=1S/C24H25N3O2/c1-2-3-4-5-6-7-9-14-23-19-24(20-15-17-22(18-16-20)27(28)29)25-26(23)21-12-10-8-11-13-21/h8,10-13,15-19H,2-7H2,1H3. The highest BCUT2D eigenvalue weighted by Crippen LogP contribution is 2.23. The maximum atomic E-state index is 10.9. The number of nitro benzene ring substituents is 1. The Bertz CT molecular complexity index is 996. The molecular formula is C24H25N3O2. The summed E-state index contributed by atoms with van der Waals surface area (Å²) in [6, 6.07) is 18.3. The third kappa shape index (κ3) is 5.55. The highest BCUT2D eigenvalue weighted by Gasteiger charge is 2.11. The average Bonchev–Trinajstić information content (AvgIpc) is 3.18. The Kier molecular flexibility index (Phi) is 7.18. The van der Waals surface area contributed by atoms with E-state index in [1.807, 2.05) is 41.1 Å². The van der Waals surface area contributed by atoms with Crippen LogP contribution in [0.15, 0.2) is 60.7 Å².